The molecule has 7 nitrogen and oxygen atoms in total. The normalized spacial score (nSPS) is 16.5. The number of carboxylic acids is 1. The molecule has 35 heavy (non-hydrogen) atoms. The lowest BCUT2D eigenvalue weighted by Gasteiger charge is -2.15. The maximum atomic E-state index is 12.7. The van der Waals surface area contributed by atoms with Gasteiger partial charge in [-0.1, -0.05) is 42.7 Å². The van der Waals surface area contributed by atoms with E-state index < -0.39 is 5.97 Å². The van der Waals surface area contributed by atoms with Gasteiger partial charge in [-0.05, 0) is 61.3 Å². The van der Waals surface area contributed by atoms with Crippen LogP contribution in [0.15, 0.2) is 53.7 Å². The second kappa shape index (κ2) is 10.1. The van der Waals surface area contributed by atoms with Crippen molar-refractivity contribution in [1.82, 2.24) is 14.5 Å². The summed E-state index contributed by atoms with van der Waals surface area (Å²) in [6, 6.07) is 9.60. The molecule has 2 fully saturated rings. The molecule has 2 saturated carbocycles. The zero-order valence-electron chi connectivity index (χ0n) is 19.4. The van der Waals surface area contributed by atoms with E-state index in [2.05, 4.69) is 16.0 Å². The number of aromatic amines is 1. The van der Waals surface area contributed by atoms with Gasteiger partial charge in [0.2, 0.25) is 0 Å². The molecule has 2 heterocycles. The first-order valence-electron chi connectivity index (χ1n) is 12.1. The van der Waals surface area contributed by atoms with Crippen LogP contribution in [0.4, 0.5) is 0 Å². The van der Waals surface area contributed by atoms with Gasteiger partial charge in [0.1, 0.15) is 18.9 Å². The highest BCUT2D eigenvalue weighted by Crippen LogP contribution is 2.39. The largest absolute Gasteiger partial charge is 0.486 e. The van der Waals surface area contributed by atoms with Crippen molar-refractivity contribution in [3.63, 3.8) is 0 Å². The number of carbonyl (C=O) groups is 1. The number of benzene rings is 1. The number of carboxylic acid groups (broad SMARTS) is 1. The highest BCUT2D eigenvalue weighted by Gasteiger charge is 2.26. The highest BCUT2D eigenvalue weighted by atomic mass is 35.5. The molecule has 0 aliphatic heterocycles. The highest BCUT2D eigenvalue weighted by molar-refractivity contribution is 6.32. The SMILES string of the molecule is O=C(O)Cn1cncc1COc1ccc(/C(=C\C2CCCC2)c2ccc(C3CC3)c(=O)[nH]2)cc1Cl. The molecular weight excluding hydrogens is 466 g/mol. The third-order valence-corrected chi connectivity index (χ3v) is 7.07. The van der Waals surface area contributed by atoms with E-state index in [1.54, 1.807) is 6.20 Å². The lowest BCUT2D eigenvalue weighted by atomic mass is 9.95. The van der Waals surface area contributed by atoms with Crippen LogP contribution in [0.3, 0.4) is 0 Å². The molecule has 8 heteroatoms. The standard InChI is InChI=1S/C27H28ClN3O4/c28-23-12-19(7-10-25(23)35-15-20-13-29-16-31(20)14-26(32)33)22(11-17-3-1-2-4-17)24-9-8-21(18-5-6-18)27(34)30-24/h7-13,16-18H,1-6,14-15H2,(H,30,34)(H,32,33)/b22-11+. The van der Waals surface area contributed by atoms with Gasteiger partial charge in [0.05, 0.1) is 23.2 Å². The molecule has 3 aromatic rings. The Labute approximate surface area is 208 Å². The first-order valence-corrected chi connectivity index (χ1v) is 12.4. The molecule has 182 valence electrons. The minimum Gasteiger partial charge on any atom is -0.486 e. The molecule has 0 radical (unpaired) electrons. The summed E-state index contributed by atoms with van der Waals surface area (Å²) in [5, 5.41) is 9.49. The summed E-state index contributed by atoms with van der Waals surface area (Å²) in [5.41, 5.74) is 4.20. The van der Waals surface area contributed by atoms with Gasteiger partial charge in [-0.15, -0.1) is 0 Å². The predicted octanol–water partition coefficient (Wildman–Crippen LogP) is 5.39. The fourth-order valence-corrected chi connectivity index (χ4v) is 4.99. The van der Waals surface area contributed by atoms with Crippen LogP contribution in [0.25, 0.3) is 5.57 Å². The summed E-state index contributed by atoms with van der Waals surface area (Å²) < 4.78 is 7.40. The van der Waals surface area contributed by atoms with Gasteiger partial charge < -0.3 is 19.4 Å². The van der Waals surface area contributed by atoms with Gasteiger partial charge in [-0.25, -0.2) is 4.98 Å². The van der Waals surface area contributed by atoms with Gasteiger partial charge in [-0.2, -0.15) is 0 Å². The number of halogens is 1. The van der Waals surface area contributed by atoms with Crippen molar-refractivity contribution in [3.8, 4) is 5.75 Å². The third-order valence-electron chi connectivity index (χ3n) is 6.77. The molecule has 2 aromatic heterocycles. The molecule has 0 spiro atoms. The summed E-state index contributed by atoms with van der Waals surface area (Å²) in [7, 11) is 0. The predicted molar refractivity (Wildman–Crippen MR) is 134 cm³/mol. The Morgan fingerprint density at radius 1 is 1.20 bits per heavy atom. The number of aliphatic carboxylic acids is 1. The fourth-order valence-electron chi connectivity index (χ4n) is 4.75. The van der Waals surface area contributed by atoms with Crippen molar-refractivity contribution in [2.24, 2.45) is 5.92 Å². The van der Waals surface area contributed by atoms with E-state index >= 15 is 0 Å². The van der Waals surface area contributed by atoms with Crippen molar-refractivity contribution in [1.29, 1.82) is 0 Å². The average molecular weight is 494 g/mol. The molecule has 0 bridgehead atoms. The van der Waals surface area contributed by atoms with E-state index in [4.69, 9.17) is 21.4 Å². The number of hydrogen-bond donors (Lipinski definition) is 2. The molecule has 0 amide bonds. The van der Waals surface area contributed by atoms with E-state index in [0.29, 0.717) is 28.3 Å². The van der Waals surface area contributed by atoms with Gasteiger partial charge in [0.15, 0.2) is 0 Å². The molecule has 2 aliphatic carbocycles. The van der Waals surface area contributed by atoms with E-state index in [-0.39, 0.29) is 18.7 Å². The topological polar surface area (TPSA) is 97.2 Å². The van der Waals surface area contributed by atoms with Crippen LogP contribution in [-0.2, 0) is 17.9 Å². The molecule has 2 N–H and O–H groups in total. The Kier molecular flexibility index (Phi) is 6.77. The van der Waals surface area contributed by atoms with E-state index in [1.807, 2.05) is 30.3 Å². The number of nitrogens with one attached hydrogen (secondary N) is 1. The maximum absolute atomic E-state index is 12.7. The Morgan fingerprint density at radius 3 is 2.69 bits per heavy atom. The number of imidazole rings is 1. The number of allylic oxidation sites excluding steroid dienone is 1. The fraction of sp³-hybridized carbons (Fsp3) is 0.370. The van der Waals surface area contributed by atoms with Crippen LogP contribution in [0, 0.1) is 5.92 Å². The van der Waals surface area contributed by atoms with E-state index in [1.165, 1.54) is 23.7 Å². The van der Waals surface area contributed by atoms with Crippen LogP contribution in [0.1, 0.15) is 67.0 Å². The zero-order valence-corrected chi connectivity index (χ0v) is 20.1. The first kappa shape index (κ1) is 23.4. The second-order valence-corrected chi connectivity index (χ2v) is 9.80. The minimum atomic E-state index is -0.948. The molecule has 5 rings (SSSR count). The van der Waals surface area contributed by atoms with Crippen LogP contribution in [0.2, 0.25) is 5.02 Å². The Morgan fingerprint density at radius 2 is 2.00 bits per heavy atom. The zero-order chi connectivity index (χ0) is 24.4. The Balaban J connectivity index is 1.40. The summed E-state index contributed by atoms with van der Waals surface area (Å²) in [4.78, 5) is 30.9. The van der Waals surface area contributed by atoms with Crippen LogP contribution in [-0.4, -0.2) is 25.6 Å². The summed E-state index contributed by atoms with van der Waals surface area (Å²) in [6.07, 6.45) is 12.2. The maximum Gasteiger partial charge on any atom is 0.323 e. The molecule has 0 saturated heterocycles. The van der Waals surface area contributed by atoms with Gasteiger partial charge in [0.25, 0.3) is 5.56 Å². The molecular formula is C27H28ClN3O4. The minimum absolute atomic E-state index is 0.00801. The summed E-state index contributed by atoms with van der Waals surface area (Å²) in [6.45, 7) is -0.0362. The molecule has 1 aromatic carbocycles. The summed E-state index contributed by atoms with van der Waals surface area (Å²) >= 11 is 6.61. The van der Waals surface area contributed by atoms with Gasteiger partial charge in [0, 0.05) is 16.8 Å². The quantitative estimate of drug-likeness (QED) is 0.416. The van der Waals surface area contributed by atoms with Crippen molar-refractivity contribution in [2.75, 3.05) is 0 Å². The number of rotatable bonds is 9. The lowest BCUT2D eigenvalue weighted by molar-refractivity contribution is -0.137. The van der Waals surface area contributed by atoms with Crippen molar-refractivity contribution in [3.05, 3.63) is 86.8 Å². The monoisotopic (exact) mass is 493 g/mol. The number of nitrogens with zero attached hydrogens (tertiary/aromatic N) is 2. The molecule has 2 aliphatic rings. The third kappa shape index (κ3) is 5.51. The summed E-state index contributed by atoms with van der Waals surface area (Å²) in [5.74, 6) is 0.418. The van der Waals surface area contributed by atoms with Crippen molar-refractivity contribution >= 4 is 23.1 Å². The molecule has 0 unspecified atom stereocenters. The number of ether oxygens (including phenoxy) is 1. The Bertz CT molecular complexity index is 1320. The first-order chi connectivity index (χ1) is 17.0. The van der Waals surface area contributed by atoms with Crippen LogP contribution < -0.4 is 10.3 Å². The van der Waals surface area contributed by atoms with Crippen LogP contribution >= 0.6 is 11.6 Å². The van der Waals surface area contributed by atoms with Gasteiger partial charge >= 0.3 is 5.97 Å². The van der Waals surface area contributed by atoms with E-state index in [0.717, 1.165) is 48.1 Å². The second-order valence-electron chi connectivity index (χ2n) is 9.40. The Hall–Kier alpha value is -3.32. The van der Waals surface area contributed by atoms with Gasteiger partial charge in [-0.3, -0.25) is 9.59 Å². The van der Waals surface area contributed by atoms with E-state index in [9.17, 15) is 9.59 Å². The lowest BCUT2D eigenvalue weighted by Crippen LogP contribution is -2.13. The average Bonchev–Trinajstić information content (AvgIpc) is 3.35. The smallest absolute Gasteiger partial charge is 0.323 e. The number of hydrogen-bond acceptors (Lipinski definition) is 4. The number of pyridine rings is 1. The van der Waals surface area contributed by atoms with Crippen molar-refractivity contribution < 1.29 is 14.6 Å². The molecule has 0 atom stereocenters. The van der Waals surface area contributed by atoms with Crippen LogP contribution in [0.5, 0.6) is 5.75 Å². The number of aromatic nitrogens is 3. The van der Waals surface area contributed by atoms with Crippen molar-refractivity contribution in [2.45, 2.75) is 57.6 Å². The number of H-pyrrole nitrogens is 1.